The van der Waals surface area contributed by atoms with Crippen LogP contribution in [0.5, 0.6) is 0 Å². The summed E-state index contributed by atoms with van der Waals surface area (Å²) in [5.74, 6) is 0.583. The Morgan fingerprint density at radius 2 is 2.03 bits per heavy atom. The van der Waals surface area contributed by atoms with Crippen molar-refractivity contribution < 1.29 is 4.79 Å². The summed E-state index contributed by atoms with van der Waals surface area (Å²) in [6.45, 7) is 3.83. The van der Waals surface area contributed by atoms with Crippen molar-refractivity contribution in [3.05, 3.63) is 46.5 Å². The summed E-state index contributed by atoms with van der Waals surface area (Å²) < 4.78 is 3.84. The van der Waals surface area contributed by atoms with Crippen LogP contribution in [0.2, 0.25) is 0 Å². The van der Waals surface area contributed by atoms with Crippen LogP contribution in [-0.2, 0) is 11.8 Å². The number of hydrogen-bond acceptors (Lipinski definition) is 5. The lowest BCUT2D eigenvalue weighted by molar-refractivity contribution is -0.120. The van der Waals surface area contributed by atoms with Gasteiger partial charge in [0.1, 0.15) is 11.3 Å². The van der Waals surface area contributed by atoms with Crippen molar-refractivity contribution in [2.45, 2.75) is 19.8 Å². The highest BCUT2D eigenvalue weighted by Gasteiger charge is 2.25. The van der Waals surface area contributed by atoms with E-state index in [2.05, 4.69) is 20.9 Å². The summed E-state index contributed by atoms with van der Waals surface area (Å²) in [4.78, 5) is 32.8. The summed E-state index contributed by atoms with van der Waals surface area (Å²) >= 11 is 1.73. The molecular formula is C21H25N5O2S. The molecular weight excluding hydrogens is 386 g/mol. The van der Waals surface area contributed by atoms with Gasteiger partial charge in [-0.25, -0.2) is 4.98 Å². The van der Waals surface area contributed by atoms with Gasteiger partial charge in [0.2, 0.25) is 5.91 Å². The molecule has 0 radical (unpaired) electrons. The van der Waals surface area contributed by atoms with Gasteiger partial charge in [-0.1, -0.05) is 18.0 Å². The number of amides is 1. The Bertz CT molecular complexity index is 1110. The van der Waals surface area contributed by atoms with Gasteiger partial charge in [0, 0.05) is 49.4 Å². The Kier molecular flexibility index (Phi) is 5.47. The molecule has 1 fully saturated rings. The number of anilines is 1. The zero-order valence-corrected chi connectivity index (χ0v) is 17.7. The number of nitrogens with zero attached hydrogens (tertiary/aromatic N) is 3. The van der Waals surface area contributed by atoms with E-state index >= 15 is 0 Å². The van der Waals surface area contributed by atoms with Gasteiger partial charge in [0.15, 0.2) is 0 Å². The molecule has 0 aromatic carbocycles. The molecule has 0 unspecified atom stereocenters. The van der Waals surface area contributed by atoms with Crippen LogP contribution >= 0.6 is 11.9 Å². The Hall–Kier alpha value is -2.58. The highest BCUT2D eigenvalue weighted by molar-refractivity contribution is 7.96. The fourth-order valence-electron chi connectivity index (χ4n) is 3.86. The van der Waals surface area contributed by atoms with Gasteiger partial charge in [-0.05, 0) is 43.7 Å². The van der Waals surface area contributed by atoms with Gasteiger partial charge in [0.05, 0.1) is 5.69 Å². The summed E-state index contributed by atoms with van der Waals surface area (Å²) in [7, 11) is 1.73. The number of carbonyl (C=O) groups is 1. The van der Waals surface area contributed by atoms with E-state index in [0.717, 1.165) is 48.1 Å². The summed E-state index contributed by atoms with van der Waals surface area (Å²) in [6.07, 6.45) is 7.35. The second-order valence-electron chi connectivity index (χ2n) is 7.46. The largest absolute Gasteiger partial charge is 0.357 e. The van der Waals surface area contributed by atoms with Crippen LogP contribution < -0.4 is 10.9 Å². The molecule has 3 aromatic rings. The molecule has 4 heterocycles. The molecule has 4 rings (SSSR count). The molecule has 0 saturated carbocycles. The Morgan fingerprint density at radius 1 is 1.28 bits per heavy atom. The van der Waals surface area contributed by atoms with Crippen LogP contribution in [0.3, 0.4) is 0 Å². The van der Waals surface area contributed by atoms with Crippen LogP contribution in [0.25, 0.3) is 22.2 Å². The monoisotopic (exact) mass is 411 g/mol. The molecule has 1 aliphatic rings. The van der Waals surface area contributed by atoms with E-state index in [1.807, 2.05) is 25.1 Å². The first-order chi connectivity index (χ1) is 14.0. The zero-order chi connectivity index (χ0) is 20.5. The number of rotatable bonds is 4. The minimum absolute atomic E-state index is 0.0129. The van der Waals surface area contributed by atoms with Gasteiger partial charge in [-0.2, -0.15) is 0 Å². The lowest BCUT2D eigenvalue weighted by atomic mass is 9.97. The number of carbonyl (C=O) groups excluding carboxylic acids is 1. The maximum absolute atomic E-state index is 12.7. The minimum Gasteiger partial charge on any atom is -0.357 e. The van der Waals surface area contributed by atoms with Gasteiger partial charge in [-0.15, -0.1) is 0 Å². The van der Waals surface area contributed by atoms with E-state index in [1.165, 1.54) is 0 Å². The smallest absolute Gasteiger partial charge is 0.274 e. The second-order valence-corrected chi connectivity index (χ2v) is 8.34. The average Bonchev–Trinajstić information content (AvgIpc) is 3.22. The quantitative estimate of drug-likeness (QED) is 0.645. The first-order valence-electron chi connectivity index (χ1n) is 9.72. The highest BCUT2D eigenvalue weighted by atomic mass is 32.2. The molecule has 0 atom stereocenters. The number of nitrogens with one attached hydrogen (secondary N) is 2. The molecule has 1 saturated heterocycles. The Morgan fingerprint density at radius 3 is 2.76 bits per heavy atom. The van der Waals surface area contributed by atoms with Crippen LogP contribution in [0.15, 0.2) is 35.4 Å². The third-order valence-electron chi connectivity index (χ3n) is 5.58. The highest BCUT2D eigenvalue weighted by Crippen LogP contribution is 2.29. The number of aryl methyl sites for hydroxylation is 2. The molecule has 3 aromatic heterocycles. The normalized spacial score (nSPS) is 15.7. The first-order valence-corrected chi connectivity index (χ1v) is 10.9. The lowest BCUT2D eigenvalue weighted by Gasteiger charge is -2.29. The third-order valence-corrected chi connectivity index (χ3v) is 6.46. The molecule has 29 heavy (non-hydrogen) atoms. The molecule has 0 aliphatic carbocycles. The average molecular weight is 412 g/mol. The fraction of sp³-hybridized carbons (Fsp3) is 0.381. The van der Waals surface area contributed by atoms with Gasteiger partial charge < -0.3 is 14.9 Å². The van der Waals surface area contributed by atoms with E-state index in [0.29, 0.717) is 11.3 Å². The summed E-state index contributed by atoms with van der Waals surface area (Å²) in [5, 5.41) is 3.83. The number of aromatic nitrogens is 3. The van der Waals surface area contributed by atoms with Crippen LogP contribution in [0.4, 0.5) is 5.82 Å². The number of pyridine rings is 2. The molecule has 0 bridgehead atoms. The molecule has 1 amide bonds. The lowest BCUT2D eigenvalue weighted by Crippen LogP contribution is -2.34. The van der Waals surface area contributed by atoms with E-state index < -0.39 is 0 Å². The SMILES string of the molecule is CSN1CCC(C(=O)Nc2ccc(C)c(-c3cn(C)c(=O)c4[nH]ccc34)n2)CC1. The predicted octanol–water partition coefficient (Wildman–Crippen LogP) is 3.17. The topological polar surface area (TPSA) is 83.0 Å². The van der Waals surface area contributed by atoms with Crippen molar-refractivity contribution in [2.75, 3.05) is 24.7 Å². The van der Waals surface area contributed by atoms with Crippen molar-refractivity contribution in [1.82, 2.24) is 18.8 Å². The van der Waals surface area contributed by atoms with Gasteiger partial charge in [0.25, 0.3) is 5.56 Å². The van der Waals surface area contributed by atoms with Crippen molar-refractivity contribution in [1.29, 1.82) is 0 Å². The van der Waals surface area contributed by atoms with Crippen LogP contribution in [-0.4, -0.2) is 44.1 Å². The Balaban J connectivity index is 1.62. The standard InChI is InChI=1S/C21H25N5O2S/c1-13-4-5-17(24-20(27)14-7-10-26(29-3)11-8-14)23-18(13)16-12-25(2)21(28)19-15(16)6-9-22-19/h4-6,9,12,14,22H,7-8,10-11H2,1-3H3,(H,23,24,27). The zero-order valence-electron chi connectivity index (χ0n) is 16.9. The number of H-pyrrole nitrogens is 1. The number of piperidine rings is 1. The number of hydrogen-bond donors (Lipinski definition) is 2. The van der Waals surface area contributed by atoms with Gasteiger partial charge in [-0.3, -0.25) is 13.9 Å². The van der Waals surface area contributed by atoms with E-state index in [1.54, 1.807) is 36.0 Å². The van der Waals surface area contributed by atoms with E-state index in [9.17, 15) is 9.59 Å². The predicted molar refractivity (Wildman–Crippen MR) is 118 cm³/mol. The van der Waals surface area contributed by atoms with Crippen molar-refractivity contribution in [2.24, 2.45) is 13.0 Å². The molecule has 8 heteroatoms. The van der Waals surface area contributed by atoms with E-state index in [-0.39, 0.29) is 17.4 Å². The van der Waals surface area contributed by atoms with Crippen LogP contribution in [0.1, 0.15) is 18.4 Å². The van der Waals surface area contributed by atoms with Crippen molar-refractivity contribution in [3.8, 4) is 11.3 Å². The number of fused-ring (bicyclic) bond motifs is 1. The third kappa shape index (κ3) is 3.82. The van der Waals surface area contributed by atoms with Crippen LogP contribution in [0, 0.1) is 12.8 Å². The first kappa shape index (κ1) is 19.7. The maximum atomic E-state index is 12.7. The molecule has 0 spiro atoms. The van der Waals surface area contributed by atoms with Crippen molar-refractivity contribution in [3.63, 3.8) is 0 Å². The molecule has 1 aliphatic heterocycles. The van der Waals surface area contributed by atoms with E-state index in [4.69, 9.17) is 4.98 Å². The van der Waals surface area contributed by atoms with Gasteiger partial charge >= 0.3 is 0 Å². The number of aromatic amines is 1. The molecule has 152 valence electrons. The second kappa shape index (κ2) is 8.04. The maximum Gasteiger partial charge on any atom is 0.274 e. The minimum atomic E-state index is -0.0764. The Labute approximate surface area is 173 Å². The summed E-state index contributed by atoms with van der Waals surface area (Å²) in [5.41, 5.74) is 3.09. The molecule has 7 nitrogen and oxygen atoms in total. The molecule has 2 N–H and O–H groups in total. The van der Waals surface area contributed by atoms with Crippen molar-refractivity contribution >= 4 is 34.6 Å². The summed E-state index contributed by atoms with van der Waals surface area (Å²) in [6, 6.07) is 5.68. The fourth-order valence-corrected chi connectivity index (χ4v) is 4.43.